The highest BCUT2D eigenvalue weighted by Crippen LogP contribution is 2.30. The number of methoxy groups -OCH3 is 1. The summed E-state index contributed by atoms with van der Waals surface area (Å²) in [6.07, 6.45) is 3.63. The molecule has 5 heteroatoms. The lowest BCUT2D eigenvalue weighted by Gasteiger charge is -2.31. The molecular weight excluding hydrogens is 268 g/mol. The summed E-state index contributed by atoms with van der Waals surface area (Å²) < 4.78 is 10.9. The molecule has 0 radical (unpaired) electrons. The Morgan fingerprint density at radius 1 is 1.38 bits per heavy atom. The van der Waals surface area contributed by atoms with Gasteiger partial charge in [-0.1, -0.05) is 0 Å². The molecule has 1 fully saturated rings. The zero-order valence-corrected chi connectivity index (χ0v) is 12.2. The van der Waals surface area contributed by atoms with Crippen molar-refractivity contribution in [3.63, 3.8) is 0 Å². The van der Waals surface area contributed by atoms with Crippen molar-refractivity contribution in [3.05, 3.63) is 29.3 Å². The van der Waals surface area contributed by atoms with Crippen LogP contribution < -0.4 is 15.2 Å². The molecule has 2 N–H and O–H groups in total. The molecule has 1 amide bonds. The summed E-state index contributed by atoms with van der Waals surface area (Å²) in [6, 6.07) is 5.82. The Morgan fingerprint density at radius 2 is 2.14 bits per heavy atom. The van der Waals surface area contributed by atoms with Gasteiger partial charge in [-0.2, -0.15) is 0 Å². The van der Waals surface area contributed by atoms with Gasteiger partial charge in [-0.25, -0.2) is 0 Å². The fourth-order valence-corrected chi connectivity index (χ4v) is 2.71. The van der Waals surface area contributed by atoms with Crippen LogP contribution in [0.1, 0.15) is 18.4 Å². The van der Waals surface area contributed by atoms with E-state index >= 15 is 0 Å². The topological polar surface area (TPSA) is 64.8 Å². The fraction of sp³-hybridized carbons (Fsp3) is 0.438. The highest BCUT2D eigenvalue weighted by Gasteiger charge is 2.25. The molecule has 3 rings (SSSR count). The summed E-state index contributed by atoms with van der Waals surface area (Å²) in [5.74, 6) is 1.59. The largest absolute Gasteiger partial charge is 0.497 e. The molecule has 21 heavy (non-hydrogen) atoms. The summed E-state index contributed by atoms with van der Waals surface area (Å²) in [6.45, 7) is 1.77. The van der Waals surface area contributed by atoms with Crippen molar-refractivity contribution >= 4 is 12.0 Å². The summed E-state index contributed by atoms with van der Waals surface area (Å²) in [4.78, 5) is 14.4. The molecule has 0 saturated carbocycles. The van der Waals surface area contributed by atoms with Gasteiger partial charge in [0.15, 0.2) is 0 Å². The maximum atomic E-state index is 12.5. The SMILES string of the molecule is COc1ccc2c(c1)C=C(C(=O)N1CCC(N)CC1)CO2. The number of fused-ring (bicyclic) bond motifs is 1. The molecule has 0 spiro atoms. The van der Waals surface area contributed by atoms with Crippen LogP contribution in [-0.4, -0.2) is 43.7 Å². The maximum Gasteiger partial charge on any atom is 0.253 e. The van der Waals surface area contributed by atoms with Gasteiger partial charge in [0, 0.05) is 24.7 Å². The van der Waals surface area contributed by atoms with E-state index < -0.39 is 0 Å². The second-order valence-electron chi connectivity index (χ2n) is 5.49. The fourth-order valence-electron chi connectivity index (χ4n) is 2.71. The molecule has 2 aliphatic rings. The first-order chi connectivity index (χ1) is 10.2. The molecule has 0 aromatic heterocycles. The monoisotopic (exact) mass is 288 g/mol. The minimum absolute atomic E-state index is 0.0513. The van der Waals surface area contributed by atoms with Gasteiger partial charge in [0.1, 0.15) is 18.1 Å². The van der Waals surface area contributed by atoms with Crippen LogP contribution in [0, 0.1) is 0 Å². The lowest BCUT2D eigenvalue weighted by atomic mass is 10.0. The minimum Gasteiger partial charge on any atom is -0.497 e. The number of carbonyl (C=O) groups excluding carboxylic acids is 1. The van der Waals surface area contributed by atoms with E-state index in [1.807, 2.05) is 29.2 Å². The van der Waals surface area contributed by atoms with Crippen molar-refractivity contribution < 1.29 is 14.3 Å². The molecule has 0 bridgehead atoms. The zero-order valence-electron chi connectivity index (χ0n) is 12.2. The lowest BCUT2D eigenvalue weighted by molar-refractivity contribution is -0.128. The van der Waals surface area contributed by atoms with Crippen LogP contribution in [0.15, 0.2) is 23.8 Å². The number of benzene rings is 1. The third-order valence-corrected chi connectivity index (χ3v) is 4.03. The average Bonchev–Trinajstić information content (AvgIpc) is 2.53. The molecule has 0 atom stereocenters. The number of nitrogens with two attached hydrogens (primary N) is 1. The van der Waals surface area contributed by atoms with Gasteiger partial charge in [-0.3, -0.25) is 4.79 Å². The van der Waals surface area contributed by atoms with Crippen LogP contribution >= 0.6 is 0 Å². The van der Waals surface area contributed by atoms with Gasteiger partial charge in [-0.15, -0.1) is 0 Å². The van der Waals surface area contributed by atoms with Crippen LogP contribution in [0.3, 0.4) is 0 Å². The lowest BCUT2D eigenvalue weighted by Crippen LogP contribution is -2.44. The Labute approximate surface area is 124 Å². The number of nitrogens with zero attached hydrogens (tertiary/aromatic N) is 1. The van der Waals surface area contributed by atoms with Gasteiger partial charge in [-0.05, 0) is 37.1 Å². The van der Waals surface area contributed by atoms with E-state index in [0.29, 0.717) is 12.2 Å². The Kier molecular flexibility index (Phi) is 3.84. The van der Waals surface area contributed by atoms with E-state index in [1.165, 1.54) is 0 Å². The number of hydrogen-bond donors (Lipinski definition) is 1. The molecule has 1 saturated heterocycles. The van der Waals surface area contributed by atoms with Crippen molar-refractivity contribution in [2.24, 2.45) is 5.73 Å². The number of rotatable bonds is 2. The number of ether oxygens (including phenoxy) is 2. The van der Waals surface area contributed by atoms with Crippen molar-refractivity contribution in [2.75, 3.05) is 26.8 Å². The van der Waals surface area contributed by atoms with Crippen molar-refractivity contribution in [1.82, 2.24) is 4.90 Å². The van der Waals surface area contributed by atoms with Crippen molar-refractivity contribution in [3.8, 4) is 11.5 Å². The van der Waals surface area contributed by atoms with Gasteiger partial charge in [0.05, 0.1) is 12.7 Å². The van der Waals surface area contributed by atoms with E-state index in [0.717, 1.165) is 43.0 Å². The Bertz CT molecular complexity index is 575. The van der Waals surface area contributed by atoms with Crippen LogP contribution in [0.2, 0.25) is 0 Å². The second kappa shape index (κ2) is 5.77. The van der Waals surface area contributed by atoms with Crippen LogP contribution in [0.5, 0.6) is 11.5 Å². The number of piperidine rings is 1. The van der Waals surface area contributed by atoms with E-state index in [9.17, 15) is 4.79 Å². The Hall–Kier alpha value is -2.01. The molecule has 5 nitrogen and oxygen atoms in total. The highest BCUT2D eigenvalue weighted by atomic mass is 16.5. The first kappa shape index (κ1) is 13.9. The maximum absolute atomic E-state index is 12.5. The third kappa shape index (κ3) is 2.88. The standard InChI is InChI=1S/C16H20N2O3/c1-20-14-2-3-15-11(9-14)8-12(10-21-15)16(19)18-6-4-13(17)5-7-18/h2-3,8-9,13H,4-7,10,17H2,1H3. The molecular formula is C16H20N2O3. The minimum atomic E-state index is 0.0513. The average molecular weight is 288 g/mol. The highest BCUT2D eigenvalue weighted by molar-refractivity contribution is 5.99. The van der Waals surface area contributed by atoms with Crippen LogP contribution in [0.4, 0.5) is 0 Å². The number of carbonyl (C=O) groups is 1. The van der Waals surface area contributed by atoms with Crippen LogP contribution in [0.25, 0.3) is 6.08 Å². The molecule has 1 aromatic rings. The molecule has 2 heterocycles. The molecule has 0 unspecified atom stereocenters. The third-order valence-electron chi connectivity index (χ3n) is 4.03. The quantitative estimate of drug-likeness (QED) is 0.894. The van der Waals surface area contributed by atoms with Gasteiger partial charge in [0.25, 0.3) is 5.91 Å². The summed E-state index contributed by atoms with van der Waals surface area (Å²) >= 11 is 0. The number of amides is 1. The normalized spacial score (nSPS) is 18.6. The van der Waals surface area contributed by atoms with Gasteiger partial charge >= 0.3 is 0 Å². The van der Waals surface area contributed by atoms with Crippen molar-refractivity contribution in [1.29, 1.82) is 0 Å². The van der Waals surface area contributed by atoms with Crippen molar-refractivity contribution in [2.45, 2.75) is 18.9 Å². The Balaban J connectivity index is 1.79. The summed E-state index contributed by atoms with van der Waals surface area (Å²) in [5, 5.41) is 0. The Morgan fingerprint density at radius 3 is 2.86 bits per heavy atom. The zero-order chi connectivity index (χ0) is 14.8. The van der Waals surface area contributed by atoms with Crippen LogP contribution in [-0.2, 0) is 4.79 Å². The molecule has 112 valence electrons. The van der Waals surface area contributed by atoms with Gasteiger partial charge in [0.2, 0.25) is 0 Å². The molecule has 1 aromatic carbocycles. The first-order valence-corrected chi connectivity index (χ1v) is 7.23. The van der Waals surface area contributed by atoms with E-state index in [4.69, 9.17) is 15.2 Å². The number of hydrogen-bond acceptors (Lipinski definition) is 4. The predicted octanol–water partition coefficient (Wildman–Crippen LogP) is 1.42. The second-order valence-corrected chi connectivity index (χ2v) is 5.49. The summed E-state index contributed by atoms with van der Waals surface area (Å²) in [7, 11) is 1.62. The smallest absolute Gasteiger partial charge is 0.253 e. The predicted molar refractivity (Wildman–Crippen MR) is 80.3 cm³/mol. The van der Waals surface area contributed by atoms with E-state index in [2.05, 4.69) is 0 Å². The van der Waals surface area contributed by atoms with E-state index in [1.54, 1.807) is 7.11 Å². The first-order valence-electron chi connectivity index (χ1n) is 7.23. The number of likely N-dealkylation sites (tertiary alicyclic amines) is 1. The summed E-state index contributed by atoms with van der Waals surface area (Å²) in [5.41, 5.74) is 7.45. The van der Waals surface area contributed by atoms with Gasteiger partial charge < -0.3 is 20.1 Å². The molecule has 0 aliphatic carbocycles. The molecule has 2 aliphatic heterocycles. The van der Waals surface area contributed by atoms with E-state index in [-0.39, 0.29) is 11.9 Å².